The van der Waals surface area contributed by atoms with Gasteiger partial charge in [0.25, 0.3) is 0 Å². The minimum atomic E-state index is 0.161. The number of rotatable bonds is 9. The SMILES string of the molecule is COc1ccc(N2CCN(CC(=O)c3cc[nH]c3)[C@@H](Cc3ccccc3)C2)cc1OC1CCC1. The number of aromatic nitrogens is 1. The van der Waals surface area contributed by atoms with Crippen LogP contribution in [-0.4, -0.2) is 61.1 Å². The fourth-order valence-corrected chi connectivity index (χ4v) is 4.81. The number of anilines is 1. The van der Waals surface area contributed by atoms with Crippen molar-refractivity contribution in [2.75, 3.05) is 38.2 Å². The number of hydrogen-bond acceptors (Lipinski definition) is 5. The number of benzene rings is 2. The van der Waals surface area contributed by atoms with Crippen molar-refractivity contribution >= 4 is 11.5 Å². The number of carbonyl (C=O) groups is 1. The molecule has 1 atom stereocenters. The quantitative estimate of drug-likeness (QED) is 0.475. The van der Waals surface area contributed by atoms with Crippen LogP contribution in [0.5, 0.6) is 11.5 Å². The number of Topliss-reactive ketones (excluding diaryl/α,β-unsaturated/α-hetero) is 1. The zero-order valence-electron chi connectivity index (χ0n) is 19.8. The van der Waals surface area contributed by atoms with Gasteiger partial charge in [-0.15, -0.1) is 0 Å². The minimum absolute atomic E-state index is 0.161. The highest BCUT2D eigenvalue weighted by Gasteiger charge is 2.30. The smallest absolute Gasteiger partial charge is 0.178 e. The van der Waals surface area contributed by atoms with Crippen LogP contribution in [0.4, 0.5) is 5.69 Å². The fourth-order valence-electron chi connectivity index (χ4n) is 4.81. The monoisotopic (exact) mass is 459 g/mol. The largest absolute Gasteiger partial charge is 0.493 e. The first-order valence-corrected chi connectivity index (χ1v) is 12.2. The van der Waals surface area contributed by atoms with E-state index in [0.717, 1.165) is 61.6 Å². The molecule has 1 aliphatic heterocycles. The van der Waals surface area contributed by atoms with E-state index in [0.29, 0.717) is 12.6 Å². The highest BCUT2D eigenvalue weighted by atomic mass is 16.5. The van der Waals surface area contributed by atoms with Gasteiger partial charge < -0.3 is 19.4 Å². The molecule has 178 valence electrons. The van der Waals surface area contributed by atoms with Crippen LogP contribution in [0.15, 0.2) is 67.0 Å². The zero-order chi connectivity index (χ0) is 23.3. The van der Waals surface area contributed by atoms with Gasteiger partial charge in [0.15, 0.2) is 17.3 Å². The molecule has 6 nitrogen and oxygen atoms in total. The molecule has 5 rings (SSSR count). The number of nitrogens with one attached hydrogen (secondary N) is 1. The number of H-pyrrole nitrogens is 1. The molecule has 1 saturated heterocycles. The molecule has 2 fully saturated rings. The van der Waals surface area contributed by atoms with E-state index in [1.165, 1.54) is 12.0 Å². The first-order valence-electron chi connectivity index (χ1n) is 12.2. The number of hydrogen-bond donors (Lipinski definition) is 1. The van der Waals surface area contributed by atoms with E-state index in [1.807, 2.05) is 18.2 Å². The summed E-state index contributed by atoms with van der Waals surface area (Å²) in [6, 6.07) is 18.9. The van der Waals surface area contributed by atoms with Crippen LogP contribution in [0, 0.1) is 0 Å². The molecule has 0 unspecified atom stereocenters. The summed E-state index contributed by atoms with van der Waals surface area (Å²) in [6.45, 7) is 2.98. The van der Waals surface area contributed by atoms with Crippen molar-refractivity contribution in [1.29, 1.82) is 0 Å². The first-order chi connectivity index (χ1) is 16.7. The Balaban J connectivity index is 1.34. The molecule has 1 aromatic heterocycles. The van der Waals surface area contributed by atoms with Crippen molar-refractivity contribution in [2.45, 2.75) is 37.8 Å². The minimum Gasteiger partial charge on any atom is -0.493 e. The normalized spacial score (nSPS) is 19.0. The van der Waals surface area contributed by atoms with Gasteiger partial charge in [-0.05, 0) is 49.4 Å². The summed E-state index contributed by atoms with van der Waals surface area (Å²) in [7, 11) is 1.69. The van der Waals surface area contributed by atoms with Crippen LogP contribution in [0.3, 0.4) is 0 Å². The average molecular weight is 460 g/mol. The predicted molar refractivity (Wildman–Crippen MR) is 134 cm³/mol. The highest BCUT2D eigenvalue weighted by molar-refractivity contribution is 5.97. The lowest BCUT2D eigenvalue weighted by Gasteiger charge is -2.42. The number of ketones is 1. The maximum Gasteiger partial charge on any atom is 0.178 e. The van der Waals surface area contributed by atoms with Crippen LogP contribution < -0.4 is 14.4 Å². The van der Waals surface area contributed by atoms with Crippen LogP contribution >= 0.6 is 0 Å². The molecule has 0 spiro atoms. The van der Waals surface area contributed by atoms with E-state index in [9.17, 15) is 4.79 Å². The van der Waals surface area contributed by atoms with Crippen molar-refractivity contribution in [3.63, 3.8) is 0 Å². The van der Waals surface area contributed by atoms with Gasteiger partial charge in [0.2, 0.25) is 0 Å². The van der Waals surface area contributed by atoms with Crippen molar-refractivity contribution in [2.24, 2.45) is 0 Å². The second-order valence-corrected chi connectivity index (χ2v) is 9.29. The molecule has 2 heterocycles. The van der Waals surface area contributed by atoms with Gasteiger partial charge in [0, 0.05) is 55.4 Å². The Bertz CT molecular complexity index is 1080. The van der Waals surface area contributed by atoms with Gasteiger partial charge >= 0.3 is 0 Å². The Morgan fingerprint density at radius 1 is 1.06 bits per heavy atom. The molecule has 1 saturated carbocycles. The summed E-state index contributed by atoms with van der Waals surface area (Å²) in [5.41, 5.74) is 3.18. The van der Waals surface area contributed by atoms with E-state index in [2.05, 4.69) is 51.2 Å². The lowest BCUT2D eigenvalue weighted by molar-refractivity contribution is 0.0875. The third kappa shape index (κ3) is 5.12. The van der Waals surface area contributed by atoms with E-state index < -0.39 is 0 Å². The van der Waals surface area contributed by atoms with Crippen molar-refractivity contribution in [3.05, 3.63) is 78.1 Å². The summed E-state index contributed by atoms with van der Waals surface area (Å²) < 4.78 is 11.8. The number of aromatic amines is 1. The van der Waals surface area contributed by atoms with E-state index in [-0.39, 0.29) is 11.8 Å². The van der Waals surface area contributed by atoms with Gasteiger partial charge in [-0.1, -0.05) is 30.3 Å². The molecule has 3 aromatic rings. The number of ether oxygens (including phenoxy) is 2. The molecule has 34 heavy (non-hydrogen) atoms. The Hall–Kier alpha value is -3.25. The Labute approximate surface area is 201 Å². The third-order valence-electron chi connectivity index (χ3n) is 7.04. The van der Waals surface area contributed by atoms with Crippen LogP contribution in [0.25, 0.3) is 0 Å². The van der Waals surface area contributed by atoms with Crippen molar-refractivity contribution in [1.82, 2.24) is 9.88 Å². The lowest BCUT2D eigenvalue weighted by atomic mass is 9.96. The van der Waals surface area contributed by atoms with Gasteiger partial charge in [-0.2, -0.15) is 0 Å². The lowest BCUT2D eigenvalue weighted by Crippen LogP contribution is -2.55. The van der Waals surface area contributed by atoms with Crippen LogP contribution in [0.1, 0.15) is 35.2 Å². The van der Waals surface area contributed by atoms with Gasteiger partial charge in [0.1, 0.15) is 0 Å². The molecule has 1 N–H and O–H groups in total. The topological polar surface area (TPSA) is 57.8 Å². The van der Waals surface area contributed by atoms with Crippen molar-refractivity contribution < 1.29 is 14.3 Å². The fraction of sp³-hybridized carbons (Fsp3) is 0.393. The van der Waals surface area contributed by atoms with Gasteiger partial charge in [-0.3, -0.25) is 9.69 Å². The maximum atomic E-state index is 12.9. The molecule has 0 amide bonds. The third-order valence-corrected chi connectivity index (χ3v) is 7.04. The number of carbonyl (C=O) groups excluding carboxylic acids is 1. The molecule has 0 radical (unpaired) electrons. The molecule has 1 aliphatic carbocycles. The second-order valence-electron chi connectivity index (χ2n) is 9.29. The van der Waals surface area contributed by atoms with Crippen molar-refractivity contribution in [3.8, 4) is 11.5 Å². The Kier molecular flexibility index (Phi) is 6.86. The van der Waals surface area contributed by atoms with Gasteiger partial charge in [0.05, 0.1) is 19.8 Å². The number of nitrogens with zero attached hydrogens (tertiary/aromatic N) is 2. The molecular formula is C28H33N3O3. The van der Waals surface area contributed by atoms with E-state index in [1.54, 1.807) is 19.5 Å². The molecule has 6 heteroatoms. The summed E-state index contributed by atoms with van der Waals surface area (Å²) in [6.07, 6.45) is 8.24. The Morgan fingerprint density at radius 2 is 1.91 bits per heavy atom. The zero-order valence-corrected chi connectivity index (χ0v) is 19.8. The Morgan fingerprint density at radius 3 is 2.62 bits per heavy atom. The van der Waals surface area contributed by atoms with Gasteiger partial charge in [-0.25, -0.2) is 0 Å². The first kappa shape index (κ1) is 22.5. The molecular weight excluding hydrogens is 426 g/mol. The summed E-state index contributed by atoms with van der Waals surface area (Å²) in [5, 5.41) is 0. The summed E-state index contributed by atoms with van der Waals surface area (Å²) in [4.78, 5) is 20.6. The summed E-state index contributed by atoms with van der Waals surface area (Å²) in [5.74, 6) is 1.77. The average Bonchev–Trinajstić information content (AvgIpc) is 3.38. The second kappa shape index (κ2) is 10.3. The van der Waals surface area contributed by atoms with E-state index >= 15 is 0 Å². The predicted octanol–water partition coefficient (Wildman–Crippen LogP) is 4.57. The highest BCUT2D eigenvalue weighted by Crippen LogP contribution is 2.36. The van der Waals surface area contributed by atoms with Crippen LogP contribution in [0.2, 0.25) is 0 Å². The molecule has 0 bridgehead atoms. The van der Waals surface area contributed by atoms with Crippen LogP contribution in [-0.2, 0) is 6.42 Å². The molecule has 2 aromatic carbocycles. The number of piperazine rings is 1. The molecule has 2 aliphatic rings. The number of methoxy groups -OCH3 is 1. The summed E-state index contributed by atoms with van der Waals surface area (Å²) >= 11 is 0. The standard InChI is InChI=1S/C28H33N3O3/c1-33-27-11-10-23(17-28(27)34-25-8-5-9-25)30-14-15-31(20-26(32)22-12-13-29-18-22)24(19-30)16-21-6-3-2-4-7-21/h2-4,6-7,10-13,17-18,24-25,29H,5,8-9,14-16,19-20H2,1H3/t24-/m0/s1. The van der Waals surface area contributed by atoms with E-state index in [4.69, 9.17) is 9.47 Å². The maximum absolute atomic E-state index is 12.9.